The number of ether oxygens (including phenoxy) is 2. The first-order valence-electron chi connectivity index (χ1n) is 9.09. The lowest BCUT2D eigenvalue weighted by Gasteiger charge is -2.15. The number of hydrogen-bond donors (Lipinski definition) is 3. The van der Waals surface area contributed by atoms with Gasteiger partial charge in [0.15, 0.2) is 0 Å². The van der Waals surface area contributed by atoms with E-state index in [1.54, 1.807) is 7.11 Å². The highest BCUT2D eigenvalue weighted by atomic mass is 79.9. The highest BCUT2D eigenvalue weighted by Crippen LogP contribution is 2.33. The van der Waals surface area contributed by atoms with E-state index in [0.717, 1.165) is 64.6 Å². The molecule has 0 atom stereocenters. The smallest absolute Gasteiger partial charge is 0.201 e. The summed E-state index contributed by atoms with van der Waals surface area (Å²) in [5.74, 6) is 2.49. The SMILES string of the molecule is CCOc1c(Br)cc(OC)cc1CNCCCNc1nc2ccccc2[nH]1. The fourth-order valence-electron chi connectivity index (χ4n) is 2.86. The number of anilines is 1. The molecule has 0 spiro atoms. The first-order valence-corrected chi connectivity index (χ1v) is 9.89. The zero-order valence-electron chi connectivity index (χ0n) is 15.6. The summed E-state index contributed by atoms with van der Waals surface area (Å²) in [6.45, 7) is 5.05. The van der Waals surface area contributed by atoms with Crippen LogP contribution in [0.25, 0.3) is 11.0 Å². The van der Waals surface area contributed by atoms with Crippen LogP contribution in [-0.2, 0) is 6.54 Å². The molecule has 0 fully saturated rings. The lowest BCUT2D eigenvalue weighted by atomic mass is 10.2. The Morgan fingerprint density at radius 3 is 2.81 bits per heavy atom. The van der Waals surface area contributed by atoms with E-state index in [9.17, 15) is 0 Å². The summed E-state index contributed by atoms with van der Waals surface area (Å²) in [7, 11) is 1.67. The molecule has 27 heavy (non-hydrogen) atoms. The second-order valence-corrected chi connectivity index (χ2v) is 6.94. The number of benzene rings is 2. The third-order valence-electron chi connectivity index (χ3n) is 4.15. The van der Waals surface area contributed by atoms with Crippen molar-refractivity contribution < 1.29 is 9.47 Å². The molecule has 144 valence electrons. The lowest BCUT2D eigenvalue weighted by Crippen LogP contribution is -2.18. The number of aromatic nitrogens is 2. The second kappa shape index (κ2) is 9.62. The average molecular weight is 433 g/mol. The second-order valence-electron chi connectivity index (χ2n) is 6.09. The molecule has 3 N–H and O–H groups in total. The van der Waals surface area contributed by atoms with E-state index < -0.39 is 0 Å². The maximum atomic E-state index is 5.76. The Labute approximate surface area is 167 Å². The number of para-hydroxylation sites is 2. The number of halogens is 1. The molecule has 3 aromatic rings. The highest BCUT2D eigenvalue weighted by molar-refractivity contribution is 9.10. The molecule has 6 nitrogen and oxygen atoms in total. The van der Waals surface area contributed by atoms with E-state index in [-0.39, 0.29) is 0 Å². The monoisotopic (exact) mass is 432 g/mol. The van der Waals surface area contributed by atoms with Crippen LogP contribution in [0, 0.1) is 0 Å². The van der Waals surface area contributed by atoms with Gasteiger partial charge in [0.1, 0.15) is 11.5 Å². The third kappa shape index (κ3) is 5.14. The van der Waals surface area contributed by atoms with Crippen molar-refractivity contribution >= 4 is 32.9 Å². The Kier molecular flexibility index (Phi) is 6.95. The van der Waals surface area contributed by atoms with Gasteiger partial charge in [-0.3, -0.25) is 0 Å². The van der Waals surface area contributed by atoms with Gasteiger partial charge in [-0.05, 0) is 60.1 Å². The van der Waals surface area contributed by atoms with E-state index in [4.69, 9.17) is 9.47 Å². The Balaban J connectivity index is 1.46. The molecule has 0 aliphatic rings. The normalized spacial score (nSPS) is 10.9. The molecule has 0 bridgehead atoms. The van der Waals surface area contributed by atoms with Gasteiger partial charge < -0.3 is 25.1 Å². The predicted molar refractivity (Wildman–Crippen MR) is 113 cm³/mol. The van der Waals surface area contributed by atoms with E-state index in [1.165, 1.54) is 0 Å². The fraction of sp³-hybridized carbons (Fsp3) is 0.350. The van der Waals surface area contributed by atoms with Crippen molar-refractivity contribution in [3.05, 3.63) is 46.4 Å². The number of nitrogens with zero attached hydrogens (tertiary/aromatic N) is 1. The molecule has 0 aliphatic carbocycles. The van der Waals surface area contributed by atoms with Crippen molar-refractivity contribution in [3.63, 3.8) is 0 Å². The van der Waals surface area contributed by atoms with Gasteiger partial charge in [-0.25, -0.2) is 4.98 Å². The van der Waals surface area contributed by atoms with E-state index in [2.05, 4.69) is 36.5 Å². The minimum absolute atomic E-state index is 0.624. The maximum Gasteiger partial charge on any atom is 0.201 e. The van der Waals surface area contributed by atoms with Crippen molar-refractivity contribution in [1.29, 1.82) is 0 Å². The van der Waals surface area contributed by atoms with Crippen molar-refractivity contribution in [2.24, 2.45) is 0 Å². The maximum absolute atomic E-state index is 5.76. The van der Waals surface area contributed by atoms with Crippen molar-refractivity contribution in [3.8, 4) is 11.5 Å². The average Bonchev–Trinajstić information content (AvgIpc) is 3.09. The number of methoxy groups -OCH3 is 1. The van der Waals surface area contributed by atoms with Crippen LogP contribution in [0.5, 0.6) is 11.5 Å². The van der Waals surface area contributed by atoms with Gasteiger partial charge >= 0.3 is 0 Å². The summed E-state index contributed by atoms with van der Waals surface area (Å²) in [5.41, 5.74) is 3.10. The molecule has 0 amide bonds. The molecule has 1 heterocycles. The molecule has 0 radical (unpaired) electrons. The summed E-state index contributed by atoms with van der Waals surface area (Å²) >= 11 is 3.56. The molecule has 7 heteroatoms. The van der Waals surface area contributed by atoms with Crippen molar-refractivity contribution in [1.82, 2.24) is 15.3 Å². The largest absolute Gasteiger partial charge is 0.497 e. The van der Waals surface area contributed by atoms with Crippen LogP contribution >= 0.6 is 15.9 Å². The molecule has 0 unspecified atom stereocenters. The highest BCUT2D eigenvalue weighted by Gasteiger charge is 2.11. The summed E-state index contributed by atoms with van der Waals surface area (Å²) < 4.78 is 12.0. The van der Waals surface area contributed by atoms with Gasteiger partial charge in [0.05, 0.1) is 29.2 Å². The number of rotatable bonds is 10. The lowest BCUT2D eigenvalue weighted by molar-refractivity contribution is 0.331. The van der Waals surface area contributed by atoms with Gasteiger partial charge in [-0.1, -0.05) is 12.1 Å². The summed E-state index contributed by atoms with van der Waals surface area (Å²) in [4.78, 5) is 7.79. The molecule has 1 aromatic heterocycles. The zero-order valence-corrected chi connectivity index (χ0v) is 17.2. The number of H-pyrrole nitrogens is 1. The molecule has 3 rings (SSSR count). The Hall–Kier alpha value is -2.25. The molecule has 0 saturated carbocycles. The summed E-state index contributed by atoms with van der Waals surface area (Å²) in [6, 6.07) is 11.9. The minimum Gasteiger partial charge on any atom is -0.497 e. The number of aromatic amines is 1. The molecular formula is C20H25BrN4O2. The predicted octanol–water partition coefficient (Wildman–Crippen LogP) is 4.32. The first kappa shape index (κ1) is 19.5. The van der Waals surface area contributed by atoms with Gasteiger partial charge in [-0.15, -0.1) is 0 Å². The first-order chi connectivity index (χ1) is 13.2. The van der Waals surface area contributed by atoms with Crippen LogP contribution in [-0.4, -0.2) is 36.8 Å². The van der Waals surface area contributed by atoms with E-state index in [0.29, 0.717) is 6.61 Å². The molecule has 0 saturated heterocycles. The number of hydrogen-bond acceptors (Lipinski definition) is 5. The van der Waals surface area contributed by atoms with E-state index in [1.807, 2.05) is 43.3 Å². The summed E-state index contributed by atoms with van der Waals surface area (Å²) in [5, 5.41) is 6.80. The Morgan fingerprint density at radius 1 is 1.19 bits per heavy atom. The van der Waals surface area contributed by atoms with Crippen LogP contribution < -0.4 is 20.1 Å². The molecule has 0 aliphatic heterocycles. The van der Waals surface area contributed by atoms with Gasteiger partial charge in [0.2, 0.25) is 5.95 Å². The molecule has 2 aromatic carbocycles. The third-order valence-corrected chi connectivity index (χ3v) is 4.74. The van der Waals surface area contributed by atoms with Crippen LogP contribution in [0.3, 0.4) is 0 Å². The standard InChI is InChI=1S/C20H25BrN4O2/c1-3-27-19-14(11-15(26-2)12-16(19)21)13-22-9-6-10-23-20-24-17-7-4-5-8-18(17)25-20/h4-5,7-8,11-12,22H,3,6,9-10,13H2,1-2H3,(H2,23,24,25). The van der Waals surface area contributed by atoms with Crippen LogP contribution in [0.1, 0.15) is 18.9 Å². The Morgan fingerprint density at radius 2 is 2.04 bits per heavy atom. The number of nitrogens with one attached hydrogen (secondary N) is 3. The fourth-order valence-corrected chi connectivity index (χ4v) is 3.45. The van der Waals surface area contributed by atoms with Crippen LogP contribution in [0.2, 0.25) is 0 Å². The van der Waals surface area contributed by atoms with Gasteiger partial charge in [0.25, 0.3) is 0 Å². The minimum atomic E-state index is 0.624. The van der Waals surface area contributed by atoms with Crippen molar-refractivity contribution in [2.45, 2.75) is 19.9 Å². The summed E-state index contributed by atoms with van der Waals surface area (Å²) in [6.07, 6.45) is 0.978. The molecular weight excluding hydrogens is 408 g/mol. The Bertz CT molecular complexity index is 849. The van der Waals surface area contributed by atoms with Crippen LogP contribution in [0.15, 0.2) is 40.9 Å². The van der Waals surface area contributed by atoms with Gasteiger partial charge in [0, 0.05) is 18.7 Å². The number of imidazole rings is 1. The van der Waals surface area contributed by atoms with Crippen molar-refractivity contribution in [2.75, 3.05) is 32.1 Å². The van der Waals surface area contributed by atoms with Crippen LogP contribution in [0.4, 0.5) is 5.95 Å². The topological polar surface area (TPSA) is 71.2 Å². The quantitative estimate of drug-likeness (QED) is 0.416. The van der Waals surface area contributed by atoms with Gasteiger partial charge in [-0.2, -0.15) is 0 Å². The number of fused-ring (bicyclic) bond motifs is 1. The zero-order chi connectivity index (χ0) is 19.1. The van der Waals surface area contributed by atoms with E-state index >= 15 is 0 Å².